The number of alkyl halides is 1. The van der Waals surface area contributed by atoms with Gasteiger partial charge in [-0.1, -0.05) is 0 Å². The SMILES string of the molecule is Nc1ncnc(N2CC(Cl)CC2=O)c1N. The van der Waals surface area contributed by atoms with Crippen molar-refractivity contribution in [2.45, 2.75) is 11.8 Å². The molecular weight excluding hydrogens is 218 g/mol. The van der Waals surface area contributed by atoms with Crippen molar-refractivity contribution < 1.29 is 4.79 Å². The Morgan fingerprint density at radius 2 is 2.20 bits per heavy atom. The smallest absolute Gasteiger partial charge is 0.229 e. The number of anilines is 3. The normalized spacial score (nSPS) is 21.0. The highest BCUT2D eigenvalue weighted by Gasteiger charge is 2.31. The molecule has 1 aliphatic rings. The lowest BCUT2D eigenvalue weighted by atomic mass is 10.4. The fourth-order valence-corrected chi connectivity index (χ4v) is 1.75. The largest absolute Gasteiger partial charge is 0.393 e. The standard InChI is InChI=1S/C8H10ClN5O/c9-4-1-5(15)14(2-4)8-6(10)7(11)12-3-13-8/h3-4H,1-2,10H2,(H2,11,12,13). The van der Waals surface area contributed by atoms with Crippen LogP contribution in [0.25, 0.3) is 0 Å². The Kier molecular flexibility index (Phi) is 2.36. The number of nitrogen functional groups attached to an aromatic ring is 2. The Morgan fingerprint density at radius 3 is 2.80 bits per heavy atom. The van der Waals surface area contributed by atoms with E-state index in [1.54, 1.807) is 0 Å². The van der Waals surface area contributed by atoms with Crippen molar-refractivity contribution in [2.24, 2.45) is 0 Å². The summed E-state index contributed by atoms with van der Waals surface area (Å²) in [5, 5.41) is -0.201. The van der Waals surface area contributed by atoms with E-state index in [2.05, 4.69) is 9.97 Å². The lowest BCUT2D eigenvalue weighted by molar-refractivity contribution is -0.117. The molecule has 1 saturated heterocycles. The maximum Gasteiger partial charge on any atom is 0.229 e. The Labute approximate surface area is 91.2 Å². The van der Waals surface area contributed by atoms with E-state index in [4.69, 9.17) is 23.1 Å². The molecule has 15 heavy (non-hydrogen) atoms. The first-order chi connectivity index (χ1) is 7.09. The predicted molar refractivity (Wildman–Crippen MR) is 57.5 cm³/mol. The molecule has 2 heterocycles. The number of carbonyl (C=O) groups excluding carboxylic acids is 1. The van der Waals surface area contributed by atoms with E-state index in [0.717, 1.165) is 0 Å². The van der Waals surface area contributed by atoms with Gasteiger partial charge in [0.15, 0.2) is 11.6 Å². The summed E-state index contributed by atoms with van der Waals surface area (Å²) in [7, 11) is 0. The summed E-state index contributed by atoms with van der Waals surface area (Å²) in [6.07, 6.45) is 1.57. The average Bonchev–Trinajstić information content (AvgIpc) is 2.50. The van der Waals surface area contributed by atoms with Gasteiger partial charge in [-0.3, -0.25) is 9.69 Å². The summed E-state index contributed by atoms with van der Waals surface area (Å²) in [5.41, 5.74) is 11.4. The van der Waals surface area contributed by atoms with Gasteiger partial charge in [-0.2, -0.15) is 0 Å². The van der Waals surface area contributed by atoms with Crippen LogP contribution >= 0.6 is 11.6 Å². The van der Waals surface area contributed by atoms with Gasteiger partial charge in [0.05, 0.1) is 5.38 Å². The van der Waals surface area contributed by atoms with Crippen LogP contribution in [0.5, 0.6) is 0 Å². The van der Waals surface area contributed by atoms with Crippen molar-refractivity contribution in [2.75, 3.05) is 22.9 Å². The summed E-state index contributed by atoms with van der Waals surface area (Å²) in [6, 6.07) is 0. The van der Waals surface area contributed by atoms with Crippen LogP contribution in [-0.2, 0) is 4.79 Å². The molecule has 1 aliphatic heterocycles. The van der Waals surface area contributed by atoms with Crippen molar-refractivity contribution in [3.8, 4) is 0 Å². The third-order valence-corrected chi connectivity index (χ3v) is 2.52. The molecule has 1 unspecified atom stereocenters. The summed E-state index contributed by atoms with van der Waals surface area (Å²) in [4.78, 5) is 20.6. The molecule has 0 radical (unpaired) electrons. The molecule has 2 rings (SSSR count). The predicted octanol–water partition coefficient (Wildman–Crippen LogP) is -0.0149. The summed E-state index contributed by atoms with van der Waals surface area (Å²) in [6.45, 7) is 0.404. The quantitative estimate of drug-likeness (QED) is 0.658. The van der Waals surface area contributed by atoms with Crippen molar-refractivity contribution in [1.82, 2.24) is 9.97 Å². The maximum atomic E-state index is 11.5. The number of nitrogens with two attached hydrogens (primary N) is 2. The third-order valence-electron chi connectivity index (χ3n) is 2.23. The number of halogens is 1. The lowest BCUT2D eigenvalue weighted by Crippen LogP contribution is -2.27. The van der Waals surface area contributed by atoms with Gasteiger partial charge < -0.3 is 11.5 Å². The Morgan fingerprint density at radius 1 is 1.47 bits per heavy atom. The zero-order valence-corrected chi connectivity index (χ0v) is 8.61. The van der Waals surface area contributed by atoms with Gasteiger partial charge >= 0.3 is 0 Å². The monoisotopic (exact) mass is 227 g/mol. The van der Waals surface area contributed by atoms with Crippen LogP contribution in [0.15, 0.2) is 6.33 Å². The van der Waals surface area contributed by atoms with Crippen molar-refractivity contribution in [3.05, 3.63) is 6.33 Å². The number of rotatable bonds is 1. The van der Waals surface area contributed by atoms with E-state index in [1.807, 2.05) is 0 Å². The minimum Gasteiger partial charge on any atom is -0.393 e. The second kappa shape index (κ2) is 3.54. The van der Waals surface area contributed by atoms with Gasteiger partial charge in [-0.05, 0) is 0 Å². The Balaban J connectivity index is 2.38. The van der Waals surface area contributed by atoms with Crippen LogP contribution in [0.4, 0.5) is 17.3 Å². The number of aromatic nitrogens is 2. The van der Waals surface area contributed by atoms with E-state index < -0.39 is 0 Å². The van der Waals surface area contributed by atoms with Gasteiger partial charge in [0.25, 0.3) is 0 Å². The fourth-order valence-electron chi connectivity index (χ4n) is 1.48. The number of amides is 1. The molecule has 4 N–H and O–H groups in total. The highest BCUT2D eigenvalue weighted by molar-refractivity contribution is 6.24. The lowest BCUT2D eigenvalue weighted by Gasteiger charge is -2.16. The minimum atomic E-state index is -0.201. The maximum absolute atomic E-state index is 11.5. The van der Waals surface area contributed by atoms with Crippen LogP contribution in [0.2, 0.25) is 0 Å². The molecule has 0 saturated carbocycles. The van der Waals surface area contributed by atoms with Gasteiger partial charge in [0.1, 0.15) is 12.0 Å². The van der Waals surface area contributed by atoms with Crippen LogP contribution in [0, 0.1) is 0 Å². The third kappa shape index (κ3) is 1.68. The van der Waals surface area contributed by atoms with Crippen LogP contribution < -0.4 is 16.4 Å². The summed E-state index contributed by atoms with van der Waals surface area (Å²) < 4.78 is 0. The topological polar surface area (TPSA) is 98.1 Å². The first-order valence-corrected chi connectivity index (χ1v) is 4.83. The zero-order chi connectivity index (χ0) is 11.0. The molecule has 1 aromatic rings. The number of hydrogen-bond acceptors (Lipinski definition) is 5. The van der Waals surface area contributed by atoms with Crippen LogP contribution in [0.3, 0.4) is 0 Å². The molecule has 1 fully saturated rings. The van der Waals surface area contributed by atoms with E-state index in [0.29, 0.717) is 18.8 Å². The van der Waals surface area contributed by atoms with Gasteiger partial charge in [-0.15, -0.1) is 11.6 Å². The average molecular weight is 228 g/mol. The van der Waals surface area contributed by atoms with Crippen LogP contribution in [-0.4, -0.2) is 27.8 Å². The molecule has 1 amide bonds. The number of carbonyl (C=O) groups is 1. The van der Waals surface area contributed by atoms with Crippen LogP contribution in [0.1, 0.15) is 6.42 Å². The molecular formula is C8H10ClN5O. The number of nitrogens with zero attached hydrogens (tertiary/aromatic N) is 3. The summed E-state index contributed by atoms with van der Waals surface area (Å²) >= 11 is 5.87. The summed E-state index contributed by atoms with van der Waals surface area (Å²) in [5.74, 6) is 0.418. The molecule has 6 nitrogen and oxygen atoms in total. The van der Waals surface area contributed by atoms with Crippen molar-refractivity contribution in [3.63, 3.8) is 0 Å². The molecule has 80 valence electrons. The van der Waals surface area contributed by atoms with Crippen molar-refractivity contribution >= 4 is 34.8 Å². The second-order valence-corrected chi connectivity index (χ2v) is 3.92. The van der Waals surface area contributed by atoms with Gasteiger partial charge in [0, 0.05) is 13.0 Å². The molecule has 0 aromatic carbocycles. The number of hydrogen-bond donors (Lipinski definition) is 2. The first kappa shape index (κ1) is 9.97. The molecule has 0 aliphatic carbocycles. The first-order valence-electron chi connectivity index (χ1n) is 4.40. The molecule has 7 heteroatoms. The highest BCUT2D eigenvalue weighted by atomic mass is 35.5. The van der Waals surface area contributed by atoms with E-state index in [-0.39, 0.29) is 22.8 Å². The van der Waals surface area contributed by atoms with Gasteiger partial charge in [-0.25, -0.2) is 9.97 Å². The van der Waals surface area contributed by atoms with Gasteiger partial charge in [0.2, 0.25) is 5.91 Å². The molecule has 1 aromatic heterocycles. The molecule has 0 spiro atoms. The van der Waals surface area contributed by atoms with Crippen molar-refractivity contribution in [1.29, 1.82) is 0 Å². The molecule has 0 bridgehead atoms. The second-order valence-electron chi connectivity index (χ2n) is 3.30. The highest BCUT2D eigenvalue weighted by Crippen LogP contribution is 2.28. The fraction of sp³-hybridized carbons (Fsp3) is 0.375. The Hall–Kier alpha value is -1.56. The molecule has 1 atom stereocenters. The Bertz CT molecular complexity index is 410. The minimum absolute atomic E-state index is 0.0974. The zero-order valence-electron chi connectivity index (χ0n) is 7.85. The van der Waals surface area contributed by atoms with E-state index in [9.17, 15) is 4.79 Å². The van der Waals surface area contributed by atoms with E-state index >= 15 is 0 Å². The van der Waals surface area contributed by atoms with E-state index in [1.165, 1.54) is 11.2 Å².